The summed E-state index contributed by atoms with van der Waals surface area (Å²) in [5.41, 5.74) is 2.03. The van der Waals surface area contributed by atoms with Crippen molar-refractivity contribution in [1.29, 1.82) is 0 Å². The van der Waals surface area contributed by atoms with Crippen molar-refractivity contribution in [2.75, 3.05) is 7.11 Å². The molecule has 0 bridgehead atoms. The Kier molecular flexibility index (Phi) is 3.54. The summed E-state index contributed by atoms with van der Waals surface area (Å²) < 4.78 is 18.6. The van der Waals surface area contributed by atoms with E-state index in [1.807, 2.05) is 24.3 Å². The average molecular weight is 283 g/mol. The van der Waals surface area contributed by atoms with Gasteiger partial charge >= 0.3 is 0 Å². The highest BCUT2D eigenvalue weighted by Crippen LogP contribution is 2.27. The molecule has 1 aromatic heterocycles. The number of aliphatic hydroxyl groups excluding tert-OH is 1. The molecule has 1 atom stereocenters. The van der Waals surface area contributed by atoms with Crippen LogP contribution in [0.5, 0.6) is 5.75 Å². The molecule has 2 aromatic carbocycles. The van der Waals surface area contributed by atoms with Gasteiger partial charge in [0.05, 0.1) is 12.6 Å². The zero-order chi connectivity index (χ0) is 14.8. The first-order valence-corrected chi connectivity index (χ1v) is 6.55. The van der Waals surface area contributed by atoms with Crippen molar-refractivity contribution in [2.45, 2.75) is 6.10 Å². The van der Waals surface area contributed by atoms with Crippen LogP contribution in [0.2, 0.25) is 0 Å². The summed E-state index contributed by atoms with van der Waals surface area (Å²) >= 11 is 0. The number of benzene rings is 2. The molecular weight excluding hydrogens is 269 g/mol. The van der Waals surface area contributed by atoms with E-state index in [2.05, 4.69) is 4.98 Å². The lowest BCUT2D eigenvalue weighted by Gasteiger charge is -2.13. The molecule has 0 saturated carbocycles. The van der Waals surface area contributed by atoms with E-state index in [1.54, 1.807) is 18.3 Å². The normalized spacial score (nSPS) is 12.3. The molecule has 0 saturated heterocycles. The minimum atomic E-state index is -0.894. The molecule has 21 heavy (non-hydrogen) atoms. The van der Waals surface area contributed by atoms with Crippen LogP contribution in [0.4, 0.5) is 4.39 Å². The third-order valence-corrected chi connectivity index (χ3v) is 3.43. The number of nitrogens with zero attached hydrogens (tertiary/aromatic N) is 1. The van der Waals surface area contributed by atoms with Crippen LogP contribution >= 0.6 is 0 Å². The Balaban J connectivity index is 1.99. The molecule has 0 aliphatic rings. The Morgan fingerprint density at radius 3 is 2.62 bits per heavy atom. The number of halogens is 1. The number of methoxy groups -OCH3 is 1. The molecule has 3 rings (SSSR count). The maximum atomic E-state index is 13.7. The Morgan fingerprint density at radius 2 is 1.86 bits per heavy atom. The van der Waals surface area contributed by atoms with Crippen molar-refractivity contribution in [2.24, 2.45) is 0 Å². The summed E-state index contributed by atoms with van der Waals surface area (Å²) in [4.78, 5) is 4.23. The number of hydrogen-bond donors (Lipinski definition) is 1. The topological polar surface area (TPSA) is 42.4 Å². The van der Waals surface area contributed by atoms with Gasteiger partial charge in [-0.3, -0.25) is 4.98 Å². The molecule has 0 amide bonds. The highest BCUT2D eigenvalue weighted by molar-refractivity contribution is 5.79. The van der Waals surface area contributed by atoms with Gasteiger partial charge < -0.3 is 9.84 Å². The van der Waals surface area contributed by atoms with Crippen molar-refractivity contribution in [1.82, 2.24) is 4.98 Å². The van der Waals surface area contributed by atoms with E-state index in [9.17, 15) is 9.50 Å². The van der Waals surface area contributed by atoms with Gasteiger partial charge in [0, 0.05) is 11.6 Å². The largest absolute Gasteiger partial charge is 0.494 e. The zero-order valence-corrected chi connectivity index (χ0v) is 11.5. The average Bonchev–Trinajstić information content (AvgIpc) is 2.53. The van der Waals surface area contributed by atoms with Crippen molar-refractivity contribution in [3.63, 3.8) is 0 Å². The fourth-order valence-corrected chi connectivity index (χ4v) is 2.31. The highest BCUT2D eigenvalue weighted by Gasteiger charge is 2.13. The second kappa shape index (κ2) is 5.50. The van der Waals surface area contributed by atoms with E-state index < -0.39 is 11.9 Å². The third kappa shape index (κ3) is 2.58. The minimum Gasteiger partial charge on any atom is -0.494 e. The summed E-state index contributed by atoms with van der Waals surface area (Å²) in [5.74, 6) is -0.329. The first-order valence-electron chi connectivity index (χ1n) is 6.55. The Morgan fingerprint density at radius 1 is 1.10 bits per heavy atom. The van der Waals surface area contributed by atoms with Crippen LogP contribution < -0.4 is 4.74 Å². The van der Waals surface area contributed by atoms with E-state index in [4.69, 9.17) is 4.74 Å². The summed E-state index contributed by atoms with van der Waals surface area (Å²) in [6.07, 6.45) is 0.826. The van der Waals surface area contributed by atoms with Gasteiger partial charge in [0.25, 0.3) is 0 Å². The van der Waals surface area contributed by atoms with Gasteiger partial charge in [-0.1, -0.05) is 18.2 Å². The van der Waals surface area contributed by atoms with Crippen LogP contribution in [-0.4, -0.2) is 17.2 Å². The maximum Gasteiger partial charge on any atom is 0.165 e. The fraction of sp³-hybridized carbons (Fsp3) is 0.118. The van der Waals surface area contributed by atoms with E-state index in [1.165, 1.54) is 19.2 Å². The number of ether oxygens (including phenoxy) is 1. The molecule has 0 radical (unpaired) electrons. The monoisotopic (exact) mass is 283 g/mol. The molecule has 3 aromatic rings. The van der Waals surface area contributed by atoms with Gasteiger partial charge in [0.15, 0.2) is 11.6 Å². The van der Waals surface area contributed by atoms with Crippen LogP contribution in [0.3, 0.4) is 0 Å². The van der Waals surface area contributed by atoms with Crippen molar-refractivity contribution < 1.29 is 14.2 Å². The molecular formula is C17H14FNO2. The second-order valence-electron chi connectivity index (χ2n) is 4.75. The van der Waals surface area contributed by atoms with Crippen molar-refractivity contribution in [3.8, 4) is 5.75 Å². The predicted octanol–water partition coefficient (Wildman–Crippen LogP) is 3.46. The maximum absolute atomic E-state index is 13.7. The van der Waals surface area contributed by atoms with Crippen molar-refractivity contribution >= 4 is 10.9 Å². The molecule has 1 unspecified atom stereocenters. The lowest BCUT2D eigenvalue weighted by molar-refractivity contribution is 0.219. The van der Waals surface area contributed by atoms with Crippen LogP contribution in [-0.2, 0) is 0 Å². The van der Waals surface area contributed by atoms with Crippen LogP contribution in [0, 0.1) is 5.82 Å². The van der Waals surface area contributed by atoms with Crippen molar-refractivity contribution in [3.05, 3.63) is 71.7 Å². The predicted molar refractivity (Wildman–Crippen MR) is 78.8 cm³/mol. The van der Waals surface area contributed by atoms with E-state index in [0.29, 0.717) is 11.1 Å². The SMILES string of the molecule is COc1ccc(C(O)c2ccc3ncccc3c2)cc1F. The summed E-state index contributed by atoms with van der Waals surface area (Å²) in [6.45, 7) is 0. The quantitative estimate of drug-likeness (QED) is 0.800. The van der Waals surface area contributed by atoms with Gasteiger partial charge in [-0.05, 0) is 41.5 Å². The standard InChI is InChI=1S/C17H14FNO2/c1-21-16-7-5-13(10-14(16)18)17(20)12-4-6-15-11(9-12)3-2-8-19-15/h2-10,17,20H,1H3. The molecule has 4 heteroatoms. The Bertz CT molecular complexity index is 789. The van der Waals surface area contributed by atoms with Crippen LogP contribution in [0.1, 0.15) is 17.2 Å². The Labute approximate surface area is 121 Å². The van der Waals surface area contributed by atoms with Gasteiger partial charge in [0.2, 0.25) is 0 Å². The van der Waals surface area contributed by atoms with E-state index in [0.717, 1.165) is 10.9 Å². The summed E-state index contributed by atoms with van der Waals surface area (Å²) in [5, 5.41) is 11.3. The second-order valence-corrected chi connectivity index (χ2v) is 4.75. The Hall–Kier alpha value is -2.46. The number of fused-ring (bicyclic) bond motifs is 1. The summed E-state index contributed by atoms with van der Waals surface area (Å²) in [7, 11) is 1.41. The minimum absolute atomic E-state index is 0.161. The first kappa shape index (κ1) is 13.5. The molecule has 106 valence electrons. The number of aliphatic hydroxyl groups is 1. The number of hydrogen-bond acceptors (Lipinski definition) is 3. The molecule has 1 N–H and O–H groups in total. The molecule has 0 aliphatic heterocycles. The van der Waals surface area contributed by atoms with Crippen LogP contribution in [0.15, 0.2) is 54.7 Å². The fourth-order valence-electron chi connectivity index (χ4n) is 2.31. The van der Waals surface area contributed by atoms with E-state index in [-0.39, 0.29) is 5.75 Å². The molecule has 3 nitrogen and oxygen atoms in total. The zero-order valence-electron chi connectivity index (χ0n) is 11.5. The highest BCUT2D eigenvalue weighted by atomic mass is 19.1. The molecule has 0 aliphatic carbocycles. The number of pyridine rings is 1. The van der Waals surface area contributed by atoms with Gasteiger partial charge in [0.1, 0.15) is 6.10 Å². The third-order valence-electron chi connectivity index (χ3n) is 3.43. The van der Waals surface area contributed by atoms with Gasteiger partial charge in [-0.2, -0.15) is 0 Å². The first-order chi connectivity index (χ1) is 10.2. The lowest BCUT2D eigenvalue weighted by atomic mass is 9.99. The molecule has 1 heterocycles. The van der Waals surface area contributed by atoms with Crippen LogP contribution in [0.25, 0.3) is 10.9 Å². The summed E-state index contributed by atoms with van der Waals surface area (Å²) in [6, 6.07) is 13.7. The smallest absolute Gasteiger partial charge is 0.165 e. The van der Waals surface area contributed by atoms with Gasteiger partial charge in [-0.15, -0.1) is 0 Å². The molecule has 0 fully saturated rings. The molecule has 0 spiro atoms. The lowest BCUT2D eigenvalue weighted by Crippen LogP contribution is -2.01. The number of aromatic nitrogens is 1. The van der Waals surface area contributed by atoms with E-state index >= 15 is 0 Å². The van der Waals surface area contributed by atoms with Gasteiger partial charge in [-0.25, -0.2) is 4.39 Å². The number of rotatable bonds is 3.